The highest BCUT2D eigenvalue weighted by Crippen LogP contribution is 2.34. The van der Waals surface area contributed by atoms with Gasteiger partial charge in [0.2, 0.25) is 0 Å². The molecule has 5 nitrogen and oxygen atoms in total. The summed E-state index contributed by atoms with van der Waals surface area (Å²) in [5.41, 5.74) is 2.47. The summed E-state index contributed by atoms with van der Waals surface area (Å²) < 4.78 is 41.6. The highest BCUT2D eigenvalue weighted by molar-refractivity contribution is 9.10. The van der Waals surface area contributed by atoms with E-state index in [0.29, 0.717) is 16.1 Å². The molecule has 0 unspecified atom stereocenters. The van der Waals surface area contributed by atoms with E-state index in [9.17, 15) is 13.2 Å². The number of nitrogens with zero attached hydrogens (tertiary/aromatic N) is 1. The van der Waals surface area contributed by atoms with Crippen molar-refractivity contribution < 1.29 is 17.9 Å². The first-order chi connectivity index (χ1) is 9.87. The van der Waals surface area contributed by atoms with Crippen molar-refractivity contribution in [3.8, 4) is 5.75 Å². The number of anilines is 3. The van der Waals surface area contributed by atoms with E-state index < -0.39 is 6.36 Å². The standard InChI is InChI=1S/C12H10BrF3N4O/c13-7-4-5-8(9(6-7)21-12(14,15)16)18-10-2-1-3-11(19-10)20-17/h1-6H,17H2,(H2,18,19,20). The van der Waals surface area contributed by atoms with Gasteiger partial charge in [0.25, 0.3) is 0 Å². The SMILES string of the molecule is NNc1cccc(Nc2ccc(Br)cc2OC(F)(F)F)n1. The number of ether oxygens (including phenoxy) is 1. The first kappa shape index (κ1) is 15.4. The van der Waals surface area contributed by atoms with Gasteiger partial charge in [-0.3, -0.25) is 0 Å². The van der Waals surface area contributed by atoms with Crippen LogP contribution in [0.1, 0.15) is 0 Å². The maximum Gasteiger partial charge on any atom is 0.573 e. The molecule has 0 saturated carbocycles. The molecule has 2 rings (SSSR count). The topological polar surface area (TPSA) is 72.2 Å². The molecule has 0 bridgehead atoms. The summed E-state index contributed by atoms with van der Waals surface area (Å²) in [6, 6.07) is 9.07. The van der Waals surface area contributed by atoms with Crippen LogP contribution in [-0.4, -0.2) is 11.3 Å². The number of hydrogen-bond donors (Lipinski definition) is 3. The third-order valence-electron chi connectivity index (χ3n) is 2.33. The lowest BCUT2D eigenvalue weighted by Crippen LogP contribution is -2.18. The Kier molecular flexibility index (Phi) is 4.53. The predicted molar refractivity (Wildman–Crippen MR) is 76.2 cm³/mol. The number of hydrazine groups is 1. The summed E-state index contributed by atoms with van der Waals surface area (Å²) in [6.45, 7) is 0. The first-order valence-corrected chi connectivity index (χ1v) is 6.43. The quantitative estimate of drug-likeness (QED) is 0.570. The van der Waals surface area contributed by atoms with E-state index in [-0.39, 0.29) is 11.4 Å². The van der Waals surface area contributed by atoms with Gasteiger partial charge in [0.15, 0.2) is 5.75 Å². The van der Waals surface area contributed by atoms with Crippen molar-refractivity contribution in [1.29, 1.82) is 0 Å². The van der Waals surface area contributed by atoms with Gasteiger partial charge in [-0.25, -0.2) is 10.8 Å². The predicted octanol–water partition coefficient (Wildman–Crippen LogP) is 3.77. The highest BCUT2D eigenvalue weighted by atomic mass is 79.9. The first-order valence-electron chi connectivity index (χ1n) is 5.63. The van der Waals surface area contributed by atoms with Gasteiger partial charge in [-0.1, -0.05) is 22.0 Å². The number of hydrogen-bond acceptors (Lipinski definition) is 5. The Morgan fingerprint density at radius 3 is 2.52 bits per heavy atom. The number of rotatable bonds is 4. The molecule has 9 heteroatoms. The molecule has 0 radical (unpaired) electrons. The molecule has 1 aromatic carbocycles. The lowest BCUT2D eigenvalue weighted by Gasteiger charge is -2.15. The number of benzene rings is 1. The summed E-state index contributed by atoms with van der Waals surface area (Å²) in [4.78, 5) is 4.05. The molecule has 1 heterocycles. The van der Waals surface area contributed by atoms with E-state index in [0.717, 1.165) is 0 Å². The monoisotopic (exact) mass is 362 g/mol. The fourth-order valence-electron chi connectivity index (χ4n) is 1.53. The lowest BCUT2D eigenvalue weighted by molar-refractivity contribution is -0.274. The minimum absolute atomic E-state index is 0.122. The van der Waals surface area contributed by atoms with Gasteiger partial charge >= 0.3 is 6.36 Å². The molecule has 21 heavy (non-hydrogen) atoms. The van der Waals surface area contributed by atoms with Crippen LogP contribution in [0.3, 0.4) is 0 Å². The lowest BCUT2D eigenvalue weighted by atomic mass is 10.3. The minimum Gasteiger partial charge on any atom is -0.404 e. The Morgan fingerprint density at radius 1 is 1.14 bits per heavy atom. The Bertz CT molecular complexity index is 636. The Balaban J connectivity index is 2.30. The Labute approximate surface area is 126 Å². The van der Waals surface area contributed by atoms with Crippen molar-refractivity contribution in [2.75, 3.05) is 10.7 Å². The van der Waals surface area contributed by atoms with Crippen molar-refractivity contribution in [1.82, 2.24) is 4.98 Å². The van der Waals surface area contributed by atoms with Crippen LogP contribution in [-0.2, 0) is 0 Å². The molecular formula is C12H10BrF3N4O. The molecule has 0 saturated heterocycles. The van der Waals surface area contributed by atoms with Crippen molar-refractivity contribution in [2.45, 2.75) is 6.36 Å². The smallest absolute Gasteiger partial charge is 0.404 e. The van der Waals surface area contributed by atoms with Crippen molar-refractivity contribution >= 4 is 33.3 Å². The fraction of sp³-hybridized carbons (Fsp3) is 0.0833. The number of pyridine rings is 1. The maximum atomic E-state index is 12.4. The van der Waals surface area contributed by atoms with Crippen molar-refractivity contribution in [2.24, 2.45) is 5.84 Å². The van der Waals surface area contributed by atoms with E-state index in [1.165, 1.54) is 12.1 Å². The van der Waals surface area contributed by atoms with E-state index in [1.807, 2.05) is 0 Å². The zero-order valence-corrected chi connectivity index (χ0v) is 12.0. The fourth-order valence-corrected chi connectivity index (χ4v) is 1.87. The van der Waals surface area contributed by atoms with Crippen LogP contribution < -0.4 is 21.3 Å². The summed E-state index contributed by atoms with van der Waals surface area (Å²) in [5.74, 6) is 5.54. The zero-order valence-electron chi connectivity index (χ0n) is 10.4. The van der Waals surface area contributed by atoms with Crippen LogP contribution in [0.15, 0.2) is 40.9 Å². The van der Waals surface area contributed by atoms with Crippen LogP contribution >= 0.6 is 15.9 Å². The number of nitrogens with one attached hydrogen (secondary N) is 2. The van der Waals surface area contributed by atoms with Crippen LogP contribution in [0.2, 0.25) is 0 Å². The van der Waals surface area contributed by atoms with E-state index in [4.69, 9.17) is 5.84 Å². The van der Waals surface area contributed by atoms with Crippen LogP contribution in [0.4, 0.5) is 30.5 Å². The molecule has 4 N–H and O–H groups in total. The van der Waals surface area contributed by atoms with Gasteiger partial charge in [-0.15, -0.1) is 13.2 Å². The summed E-state index contributed by atoms with van der Waals surface area (Å²) in [7, 11) is 0. The molecule has 0 fully saturated rings. The summed E-state index contributed by atoms with van der Waals surface area (Å²) in [6.07, 6.45) is -4.79. The molecule has 0 amide bonds. The Morgan fingerprint density at radius 2 is 1.86 bits per heavy atom. The zero-order chi connectivity index (χ0) is 15.5. The van der Waals surface area contributed by atoms with Gasteiger partial charge in [0.1, 0.15) is 11.6 Å². The Hall–Kier alpha value is -2.00. The van der Waals surface area contributed by atoms with E-state index in [2.05, 4.69) is 36.4 Å². The number of nitrogen functional groups attached to an aromatic ring is 1. The highest BCUT2D eigenvalue weighted by Gasteiger charge is 2.32. The molecular weight excluding hydrogens is 353 g/mol. The van der Waals surface area contributed by atoms with E-state index in [1.54, 1.807) is 24.3 Å². The second-order valence-electron chi connectivity index (χ2n) is 3.87. The number of nitrogens with two attached hydrogens (primary N) is 1. The number of alkyl halides is 3. The number of halogens is 4. The second-order valence-corrected chi connectivity index (χ2v) is 4.78. The summed E-state index contributed by atoms with van der Waals surface area (Å²) in [5, 5.41) is 2.74. The number of aromatic nitrogens is 1. The third-order valence-corrected chi connectivity index (χ3v) is 2.82. The minimum atomic E-state index is -4.79. The average molecular weight is 363 g/mol. The van der Waals surface area contributed by atoms with Crippen molar-refractivity contribution in [3.05, 3.63) is 40.9 Å². The summed E-state index contributed by atoms with van der Waals surface area (Å²) >= 11 is 3.09. The van der Waals surface area contributed by atoms with Crippen molar-refractivity contribution in [3.63, 3.8) is 0 Å². The molecule has 1 aromatic heterocycles. The van der Waals surface area contributed by atoms with E-state index >= 15 is 0 Å². The molecule has 2 aromatic rings. The molecule has 0 spiro atoms. The normalized spacial score (nSPS) is 11.1. The van der Waals surface area contributed by atoms with Gasteiger partial charge in [-0.2, -0.15) is 0 Å². The third kappa shape index (κ3) is 4.50. The van der Waals surface area contributed by atoms with Crippen LogP contribution in [0.25, 0.3) is 0 Å². The van der Waals surface area contributed by atoms with Crippen LogP contribution in [0.5, 0.6) is 5.75 Å². The van der Waals surface area contributed by atoms with Gasteiger partial charge in [0.05, 0.1) is 5.69 Å². The maximum absolute atomic E-state index is 12.4. The molecule has 0 aliphatic carbocycles. The molecule has 0 atom stereocenters. The van der Waals surface area contributed by atoms with Crippen LogP contribution in [0, 0.1) is 0 Å². The molecule has 0 aliphatic rings. The molecule has 0 aliphatic heterocycles. The van der Waals surface area contributed by atoms with Gasteiger partial charge in [-0.05, 0) is 30.3 Å². The largest absolute Gasteiger partial charge is 0.573 e. The average Bonchev–Trinajstić information content (AvgIpc) is 2.40. The van der Waals surface area contributed by atoms with Gasteiger partial charge in [0, 0.05) is 4.47 Å². The second kappa shape index (κ2) is 6.19. The van der Waals surface area contributed by atoms with Gasteiger partial charge < -0.3 is 15.5 Å². The molecule has 112 valence electrons.